The summed E-state index contributed by atoms with van der Waals surface area (Å²) in [5, 5.41) is 9.08. The molecule has 2 rings (SSSR count). The van der Waals surface area contributed by atoms with Crippen LogP contribution in [0.2, 0.25) is 0 Å². The summed E-state index contributed by atoms with van der Waals surface area (Å²) in [6, 6.07) is 0. The van der Waals surface area contributed by atoms with Gasteiger partial charge in [0.25, 0.3) is 0 Å². The van der Waals surface area contributed by atoms with Crippen LogP contribution in [0.5, 0.6) is 0 Å². The summed E-state index contributed by atoms with van der Waals surface area (Å²) in [7, 11) is 0. The summed E-state index contributed by atoms with van der Waals surface area (Å²) in [5.74, 6) is 1.55. The Labute approximate surface area is 118 Å². The zero-order valence-corrected chi connectivity index (χ0v) is 12.2. The van der Waals surface area contributed by atoms with E-state index in [2.05, 4.69) is 0 Å². The minimum Gasteiger partial charge on any atom is -0.481 e. The molecule has 0 aromatic rings. The molecule has 0 atom stereocenters. The highest BCUT2D eigenvalue weighted by atomic mass is 32.2. The van der Waals surface area contributed by atoms with Crippen LogP contribution in [-0.4, -0.2) is 46.5 Å². The van der Waals surface area contributed by atoms with Crippen LogP contribution < -0.4 is 0 Å². The first-order valence-electron chi connectivity index (χ1n) is 7.19. The van der Waals surface area contributed by atoms with E-state index in [-0.39, 0.29) is 17.7 Å². The highest BCUT2D eigenvalue weighted by molar-refractivity contribution is 7.99. The van der Waals surface area contributed by atoms with Gasteiger partial charge in [-0.15, -0.1) is 0 Å². The Hall–Kier alpha value is -0.710. The monoisotopic (exact) mass is 285 g/mol. The van der Waals surface area contributed by atoms with Crippen molar-refractivity contribution in [2.45, 2.75) is 44.9 Å². The van der Waals surface area contributed by atoms with E-state index in [0.29, 0.717) is 6.42 Å². The minimum absolute atomic E-state index is 0.154. The highest BCUT2D eigenvalue weighted by Crippen LogP contribution is 2.44. The van der Waals surface area contributed by atoms with Crippen LogP contribution >= 0.6 is 11.8 Å². The van der Waals surface area contributed by atoms with E-state index < -0.39 is 5.97 Å². The number of thioether (sulfide) groups is 1. The maximum Gasteiger partial charge on any atom is 0.303 e. The number of hydrogen-bond acceptors (Lipinski definition) is 3. The van der Waals surface area contributed by atoms with Gasteiger partial charge in [-0.2, -0.15) is 11.8 Å². The number of nitrogens with zero attached hydrogens (tertiary/aromatic N) is 1. The molecular formula is C14H23NO3S. The van der Waals surface area contributed by atoms with Crippen molar-refractivity contribution in [1.82, 2.24) is 4.90 Å². The van der Waals surface area contributed by atoms with E-state index in [9.17, 15) is 9.59 Å². The summed E-state index contributed by atoms with van der Waals surface area (Å²) in [6.07, 6.45) is 5.57. The summed E-state index contributed by atoms with van der Waals surface area (Å²) in [6.45, 7) is 1.67. The molecule has 1 N–H and O–H groups in total. The van der Waals surface area contributed by atoms with Crippen LogP contribution in [0.25, 0.3) is 0 Å². The third-order valence-electron chi connectivity index (χ3n) is 4.29. The normalized spacial score (nSPS) is 23.1. The predicted molar refractivity (Wildman–Crippen MR) is 76.3 cm³/mol. The third-order valence-corrected chi connectivity index (χ3v) is 5.34. The van der Waals surface area contributed by atoms with E-state index in [1.807, 2.05) is 16.7 Å². The van der Waals surface area contributed by atoms with Gasteiger partial charge in [0.2, 0.25) is 5.91 Å². The van der Waals surface area contributed by atoms with Gasteiger partial charge in [0.05, 0.1) is 6.42 Å². The number of carbonyl (C=O) groups is 2. The fourth-order valence-corrected chi connectivity index (χ4v) is 4.18. The summed E-state index contributed by atoms with van der Waals surface area (Å²) in [4.78, 5) is 25.4. The minimum atomic E-state index is -0.763. The number of carbonyl (C=O) groups excluding carboxylic acids is 1. The van der Waals surface area contributed by atoms with Crippen molar-refractivity contribution >= 4 is 23.6 Å². The first-order valence-corrected chi connectivity index (χ1v) is 8.34. The van der Waals surface area contributed by atoms with Gasteiger partial charge in [0, 0.05) is 25.3 Å². The van der Waals surface area contributed by atoms with Gasteiger partial charge in [-0.25, -0.2) is 0 Å². The molecule has 1 amide bonds. The fourth-order valence-electron chi connectivity index (χ4n) is 3.29. The van der Waals surface area contributed by atoms with E-state index in [1.54, 1.807) is 0 Å². The predicted octanol–water partition coefficient (Wildman–Crippen LogP) is 2.38. The van der Waals surface area contributed by atoms with Gasteiger partial charge < -0.3 is 10.0 Å². The lowest BCUT2D eigenvalue weighted by atomic mass is 9.79. The van der Waals surface area contributed by atoms with Gasteiger partial charge in [-0.1, -0.05) is 12.8 Å². The molecule has 0 spiro atoms. The summed E-state index contributed by atoms with van der Waals surface area (Å²) in [5.41, 5.74) is -0.262. The molecule has 0 bridgehead atoms. The molecule has 108 valence electrons. The lowest BCUT2D eigenvalue weighted by Gasteiger charge is -2.30. The Bertz CT molecular complexity index is 332. The van der Waals surface area contributed by atoms with Crippen LogP contribution in [0.3, 0.4) is 0 Å². The quantitative estimate of drug-likeness (QED) is 0.861. The molecule has 0 unspecified atom stereocenters. The molecule has 0 aromatic heterocycles. The molecule has 1 aliphatic carbocycles. The molecule has 19 heavy (non-hydrogen) atoms. The standard InChI is InChI=1S/C14H23NO3S/c16-12(15-6-3-8-19-9-7-15)10-14(11-13(17)18)4-1-2-5-14/h1-11H2,(H,17,18). The maximum atomic E-state index is 12.4. The molecule has 0 radical (unpaired) electrons. The Morgan fingerprint density at radius 3 is 2.47 bits per heavy atom. The first-order chi connectivity index (χ1) is 9.11. The van der Waals surface area contributed by atoms with Crippen LogP contribution in [0, 0.1) is 5.41 Å². The van der Waals surface area contributed by atoms with E-state index in [1.165, 1.54) is 0 Å². The largest absolute Gasteiger partial charge is 0.481 e. The van der Waals surface area contributed by atoms with Crippen molar-refractivity contribution in [2.75, 3.05) is 24.6 Å². The van der Waals surface area contributed by atoms with Crippen molar-refractivity contribution in [3.05, 3.63) is 0 Å². The van der Waals surface area contributed by atoms with Crippen LogP contribution in [0.15, 0.2) is 0 Å². The van der Waals surface area contributed by atoms with Crippen LogP contribution in [0.4, 0.5) is 0 Å². The molecular weight excluding hydrogens is 262 g/mol. The van der Waals surface area contributed by atoms with Gasteiger partial charge in [-0.05, 0) is 30.4 Å². The summed E-state index contributed by atoms with van der Waals surface area (Å²) >= 11 is 1.90. The van der Waals surface area contributed by atoms with Gasteiger partial charge in [-0.3, -0.25) is 9.59 Å². The zero-order chi connectivity index (χ0) is 13.7. The topological polar surface area (TPSA) is 57.6 Å². The number of carboxylic acids is 1. The number of hydrogen-bond donors (Lipinski definition) is 1. The average Bonchev–Trinajstić information content (AvgIpc) is 2.65. The zero-order valence-electron chi connectivity index (χ0n) is 11.4. The van der Waals surface area contributed by atoms with Gasteiger partial charge in [0.15, 0.2) is 0 Å². The molecule has 2 fully saturated rings. The van der Waals surface area contributed by atoms with Gasteiger partial charge in [0.1, 0.15) is 0 Å². The molecule has 1 aliphatic heterocycles. The number of carboxylic acid groups (broad SMARTS) is 1. The van der Waals surface area contributed by atoms with Crippen LogP contribution in [-0.2, 0) is 9.59 Å². The molecule has 1 saturated heterocycles. The van der Waals surface area contributed by atoms with Crippen molar-refractivity contribution in [2.24, 2.45) is 5.41 Å². The Kier molecular flexibility index (Phi) is 5.13. The Morgan fingerprint density at radius 2 is 1.79 bits per heavy atom. The Balaban J connectivity index is 1.96. The molecule has 2 aliphatic rings. The van der Waals surface area contributed by atoms with Crippen LogP contribution in [0.1, 0.15) is 44.9 Å². The number of amides is 1. The summed E-state index contributed by atoms with van der Waals surface area (Å²) < 4.78 is 0. The van der Waals surface area contributed by atoms with Crippen molar-refractivity contribution in [1.29, 1.82) is 0 Å². The lowest BCUT2D eigenvalue weighted by molar-refractivity contribution is -0.141. The second kappa shape index (κ2) is 6.64. The van der Waals surface area contributed by atoms with E-state index >= 15 is 0 Å². The molecule has 4 nitrogen and oxygen atoms in total. The molecule has 1 heterocycles. The Morgan fingerprint density at radius 1 is 1.05 bits per heavy atom. The lowest BCUT2D eigenvalue weighted by Crippen LogP contribution is -2.37. The number of rotatable bonds is 4. The third kappa shape index (κ3) is 4.13. The van der Waals surface area contributed by atoms with E-state index in [0.717, 1.165) is 56.7 Å². The smallest absolute Gasteiger partial charge is 0.303 e. The maximum absolute atomic E-state index is 12.4. The van der Waals surface area contributed by atoms with E-state index in [4.69, 9.17) is 5.11 Å². The SMILES string of the molecule is O=C(O)CC1(CC(=O)N2CCCSCC2)CCCC1. The second-order valence-electron chi connectivity index (χ2n) is 5.80. The first kappa shape index (κ1) is 14.7. The second-order valence-corrected chi connectivity index (χ2v) is 7.03. The molecule has 1 saturated carbocycles. The molecule has 5 heteroatoms. The fraction of sp³-hybridized carbons (Fsp3) is 0.857. The number of aliphatic carboxylic acids is 1. The van der Waals surface area contributed by atoms with Gasteiger partial charge >= 0.3 is 5.97 Å². The van der Waals surface area contributed by atoms with Crippen molar-refractivity contribution in [3.63, 3.8) is 0 Å². The molecule has 0 aromatic carbocycles. The van der Waals surface area contributed by atoms with Crippen molar-refractivity contribution < 1.29 is 14.7 Å². The average molecular weight is 285 g/mol. The highest BCUT2D eigenvalue weighted by Gasteiger charge is 2.39. The van der Waals surface area contributed by atoms with Crippen molar-refractivity contribution in [3.8, 4) is 0 Å².